The van der Waals surface area contributed by atoms with Gasteiger partial charge in [0, 0.05) is 20.1 Å². The molecule has 2 rings (SSSR count). The molecule has 0 atom stereocenters. The minimum atomic E-state index is 0. The maximum atomic E-state index is 2.27. The van der Waals surface area contributed by atoms with Crippen LogP contribution in [0.15, 0.2) is 24.3 Å². The minimum absolute atomic E-state index is 0. The standard InChI is InChI=1S/C8H12.C6H7.Ir/c1-2-4-6-8-7-5-3-1;1-6-4-2-3-5-6;/h1-2,7-8H,3-6H2;2-5H,1H3;. The Morgan fingerprint density at radius 3 is 1.27 bits per heavy atom. The van der Waals surface area contributed by atoms with Gasteiger partial charge in [-0.05, 0) is 57.3 Å². The van der Waals surface area contributed by atoms with E-state index in [1.54, 1.807) is 0 Å². The summed E-state index contributed by atoms with van der Waals surface area (Å²) in [5.74, 6) is 1.34. The van der Waals surface area contributed by atoms with Crippen LogP contribution in [0.1, 0.15) is 32.6 Å². The fraction of sp³-hybridized carbons (Fsp3) is 0.357. The summed E-state index contributed by atoms with van der Waals surface area (Å²) in [6.45, 7) is 2.08. The van der Waals surface area contributed by atoms with Crippen molar-refractivity contribution < 1.29 is 20.1 Å². The van der Waals surface area contributed by atoms with E-state index >= 15 is 0 Å². The molecule has 0 aromatic carbocycles. The summed E-state index contributed by atoms with van der Waals surface area (Å²) < 4.78 is 0. The van der Waals surface area contributed by atoms with Crippen molar-refractivity contribution in [2.45, 2.75) is 32.6 Å². The molecule has 1 saturated carbocycles. The molecule has 2 aliphatic rings. The van der Waals surface area contributed by atoms with Crippen LogP contribution in [0.4, 0.5) is 0 Å². The number of hydrogen-bond donors (Lipinski definition) is 0. The molecular formula is C14H19Ir. The Morgan fingerprint density at radius 2 is 1.07 bits per heavy atom. The summed E-state index contributed by atoms with van der Waals surface area (Å²) in [5, 5.41) is 0. The molecule has 0 nitrogen and oxygen atoms in total. The number of rotatable bonds is 0. The van der Waals surface area contributed by atoms with Crippen LogP contribution < -0.4 is 0 Å². The van der Waals surface area contributed by atoms with E-state index in [9.17, 15) is 0 Å². The zero-order valence-corrected chi connectivity index (χ0v) is 11.7. The van der Waals surface area contributed by atoms with Gasteiger partial charge in [-0.2, -0.15) is 0 Å². The monoisotopic (exact) mass is 380 g/mol. The van der Waals surface area contributed by atoms with Gasteiger partial charge >= 0.3 is 0 Å². The smallest absolute Gasteiger partial charge is 0 e. The third-order valence-corrected chi connectivity index (χ3v) is 2.16. The van der Waals surface area contributed by atoms with Crippen LogP contribution in [0, 0.1) is 31.6 Å². The molecule has 2 aliphatic carbocycles. The van der Waals surface area contributed by atoms with Crippen LogP contribution in [-0.4, -0.2) is 0 Å². The third kappa shape index (κ3) is 9.08. The molecular weight excluding hydrogens is 360 g/mol. The predicted molar refractivity (Wildman–Crippen MR) is 62.9 cm³/mol. The van der Waals surface area contributed by atoms with Crippen molar-refractivity contribution >= 4 is 0 Å². The Kier molecular flexibility index (Phi) is 10.7. The van der Waals surface area contributed by atoms with Gasteiger partial charge in [0.05, 0.1) is 0 Å². The zero-order valence-electron chi connectivity index (χ0n) is 9.28. The van der Waals surface area contributed by atoms with Crippen LogP contribution >= 0.6 is 0 Å². The fourth-order valence-electron chi connectivity index (χ4n) is 1.33. The Labute approximate surface area is 109 Å². The maximum absolute atomic E-state index is 2.27. The molecule has 0 amide bonds. The van der Waals surface area contributed by atoms with Crippen molar-refractivity contribution in [2.24, 2.45) is 0 Å². The van der Waals surface area contributed by atoms with Crippen LogP contribution in [0.25, 0.3) is 0 Å². The Hall–Kier alpha value is 0.129. The van der Waals surface area contributed by atoms with Crippen molar-refractivity contribution in [1.82, 2.24) is 0 Å². The summed E-state index contributed by atoms with van der Waals surface area (Å²) in [4.78, 5) is 0. The molecule has 0 saturated heterocycles. The summed E-state index contributed by atoms with van der Waals surface area (Å²) in [7, 11) is 0. The quantitative estimate of drug-likeness (QED) is 0.557. The van der Waals surface area contributed by atoms with Gasteiger partial charge in [-0.15, -0.1) is 0 Å². The van der Waals surface area contributed by atoms with Crippen LogP contribution in [0.2, 0.25) is 0 Å². The average molecular weight is 380 g/mol. The molecule has 0 aromatic rings. The molecule has 0 heterocycles. The van der Waals surface area contributed by atoms with E-state index in [2.05, 4.69) is 44.1 Å². The van der Waals surface area contributed by atoms with Crippen molar-refractivity contribution in [3.05, 3.63) is 55.9 Å². The molecule has 0 spiro atoms. The van der Waals surface area contributed by atoms with Gasteiger partial charge in [-0.3, -0.25) is 0 Å². The molecule has 0 aliphatic heterocycles. The van der Waals surface area contributed by atoms with Gasteiger partial charge in [0.2, 0.25) is 0 Å². The molecule has 1 fully saturated rings. The second-order valence-electron chi connectivity index (χ2n) is 3.56. The molecule has 84 valence electrons. The first-order chi connectivity index (χ1) is 6.89. The first-order valence-electron chi connectivity index (χ1n) is 5.38. The normalized spacial score (nSPS) is 20.9. The first kappa shape index (κ1) is 15.1. The summed E-state index contributed by atoms with van der Waals surface area (Å²) >= 11 is 0. The molecule has 1 heteroatoms. The summed E-state index contributed by atoms with van der Waals surface area (Å²) in [6.07, 6.45) is 22.2. The second kappa shape index (κ2) is 10.6. The van der Waals surface area contributed by atoms with Gasteiger partial charge < -0.3 is 0 Å². The van der Waals surface area contributed by atoms with E-state index in [1.807, 2.05) is 12.8 Å². The van der Waals surface area contributed by atoms with Gasteiger partial charge in [-0.25, -0.2) is 0 Å². The molecule has 0 bridgehead atoms. The van der Waals surface area contributed by atoms with E-state index in [-0.39, 0.29) is 20.1 Å². The van der Waals surface area contributed by atoms with Crippen molar-refractivity contribution in [3.63, 3.8) is 0 Å². The Morgan fingerprint density at radius 1 is 0.733 bits per heavy atom. The van der Waals surface area contributed by atoms with E-state index in [0.717, 1.165) is 0 Å². The molecule has 6 radical (unpaired) electrons. The summed E-state index contributed by atoms with van der Waals surface area (Å²) in [5.41, 5.74) is 0. The van der Waals surface area contributed by atoms with Crippen LogP contribution in [0.5, 0.6) is 0 Å². The van der Waals surface area contributed by atoms with Crippen LogP contribution in [0.3, 0.4) is 0 Å². The van der Waals surface area contributed by atoms with E-state index in [1.165, 1.54) is 31.6 Å². The van der Waals surface area contributed by atoms with Gasteiger partial charge in [-0.1, -0.05) is 31.2 Å². The van der Waals surface area contributed by atoms with E-state index in [0.29, 0.717) is 0 Å². The zero-order chi connectivity index (χ0) is 10.1. The molecule has 0 aromatic heterocycles. The molecule has 0 unspecified atom stereocenters. The van der Waals surface area contributed by atoms with Gasteiger partial charge in [0.25, 0.3) is 0 Å². The van der Waals surface area contributed by atoms with Gasteiger partial charge in [0.15, 0.2) is 0 Å². The van der Waals surface area contributed by atoms with Crippen LogP contribution in [-0.2, 0) is 20.1 Å². The Bertz CT molecular complexity index is 150. The predicted octanol–water partition coefficient (Wildman–Crippen LogP) is 4.08. The first-order valence-corrected chi connectivity index (χ1v) is 5.38. The van der Waals surface area contributed by atoms with Crippen molar-refractivity contribution in [1.29, 1.82) is 0 Å². The molecule has 0 N–H and O–H groups in total. The van der Waals surface area contributed by atoms with E-state index in [4.69, 9.17) is 0 Å². The number of hydrogen-bond acceptors (Lipinski definition) is 0. The van der Waals surface area contributed by atoms with E-state index < -0.39 is 0 Å². The average Bonchev–Trinajstić information content (AvgIpc) is 2.55. The van der Waals surface area contributed by atoms with Gasteiger partial charge in [0.1, 0.15) is 0 Å². The minimum Gasteiger partial charge on any atom is -0.0882 e. The topological polar surface area (TPSA) is 0 Å². The Balaban J connectivity index is 0.000000253. The second-order valence-corrected chi connectivity index (χ2v) is 3.56. The largest absolute Gasteiger partial charge is 0.0882 e. The SMILES string of the molecule is C1=CCCC=CCC1.C[C]1[CH][CH][CH][CH]1.[Ir]. The molecule has 15 heavy (non-hydrogen) atoms. The van der Waals surface area contributed by atoms with Crippen molar-refractivity contribution in [2.75, 3.05) is 0 Å². The van der Waals surface area contributed by atoms with Crippen molar-refractivity contribution in [3.8, 4) is 0 Å². The summed E-state index contributed by atoms with van der Waals surface area (Å²) in [6, 6.07) is 0. The fourth-order valence-corrected chi connectivity index (χ4v) is 1.33. The third-order valence-electron chi connectivity index (χ3n) is 2.16. The maximum Gasteiger partial charge on any atom is 0 e. The number of allylic oxidation sites excluding steroid dienone is 4.